The molecule has 0 saturated carbocycles. The molecule has 8 heteroatoms. The molecule has 0 saturated heterocycles. The molecule has 2 rings (SSSR count). The second kappa shape index (κ2) is 8.93. The third-order valence-corrected chi connectivity index (χ3v) is 3.74. The van der Waals surface area contributed by atoms with Crippen LogP contribution in [0.2, 0.25) is 5.02 Å². The Bertz CT molecular complexity index is 879. The zero-order valence-corrected chi connectivity index (χ0v) is 16.5. The van der Waals surface area contributed by atoms with E-state index in [4.69, 9.17) is 21.1 Å². The Balaban J connectivity index is 2.09. The Hall–Kier alpha value is -2.80. The molecule has 1 amide bonds. The number of ether oxygens (including phenoxy) is 2. The lowest BCUT2D eigenvalue weighted by Gasteiger charge is -2.19. The minimum Gasteiger partial charge on any atom is -0.492 e. The lowest BCUT2D eigenvalue weighted by atomic mass is 10.0. The van der Waals surface area contributed by atoms with E-state index in [2.05, 4.69) is 5.32 Å². The molecule has 0 aliphatic heterocycles. The van der Waals surface area contributed by atoms with E-state index in [1.165, 1.54) is 30.3 Å². The summed E-state index contributed by atoms with van der Waals surface area (Å²) in [4.78, 5) is 23.0. The molecule has 2 N–H and O–H groups in total. The van der Waals surface area contributed by atoms with Gasteiger partial charge in [0.05, 0.1) is 17.1 Å². The van der Waals surface area contributed by atoms with Gasteiger partial charge in [0, 0.05) is 0 Å². The number of benzene rings is 2. The number of halogens is 2. The fourth-order valence-electron chi connectivity index (χ4n) is 2.28. The molecule has 0 aliphatic carbocycles. The van der Waals surface area contributed by atoms with E-state index < -0.39 is 23.5 Å². The van der Waals surface area contributed by atoms with Crippen LogP contribution < -0.4 is 10.1 Å². The number of aromatic carboxylic acids is 1. The van der Waals surface area contributed by atoms with Gasteiger partial charge in [-0.2, -0.15) is 0 Å². The number of carboxylic acids is 1. The van der Waals surface area contributed by atoms with Crippen LogP contribution in [-0.2, 0) is 4.74 Å². The van der Waals surface area contributed by atoms with Crippen LogP contribution in [0.25, 0.3) is 11.1 Å². The van der Waals surface area contributed by atoms with Crippen LogP contribution in [0.4, 0.5) is 9.18 Å². The Morgan fingerprint density at radius 3 is 2.46 bits per heavy atom. The standard InChI is InChI=1S/C20H21ClFNO5/c1-20(2,3)28-19(26)23-6-7-27-15-9-13(8-14(10-15)18(24)25)12-4-5-17(22)16(21)11-12/h4-5,8-11H,6-7H2,1-3H3,(H,23,26)(H,24,25). The maximum absolute atomic E-state index is 13.4. The topological polar surface area (TPSA) is 84.9 Å². The normalized spacial score (nSPS) is 11.0. The molecule has 0 unspecified atom stereocenters. The number of carboxylic acid groups (broad SMARTS) is 1. The highest BCUT2D eigenvalue weighted by atomic mass is 35.5. The molecular formula is C20H21ClFNO5. The maximum Gasteiger partial charge on any atom is 0.407 e. The van der Waals surface area contributed by atoms with Crippen LogP contribution in [0.15, 0.2) is 36.4 Å². The molecule has 150 valence electrons. The van der Waals surface area contributed by atoms with Gasteiger partial charge in [-0.05, 0) is 62.2 Å². The summed E-state index contributed by atoms with van der Waals surface area (Å²) in [5, 5.41) is 11.8. The molecule has 0 radical (unpaired) electrons. The molecule has 0 aliphatic rings. The Labute approximate surface area is 167 Å². The molecule has 0 aromatic heterocycles. The summed E-state index contributed by atoms with van der Waals surface area (Å²) in [6, 6.07) is 8.53. The summed E-state index contributed by atoms with van der Waals surface area (Å²) >= 11 is 5.81. The first-order valence-corrected chi connectivity index (χ1v) is 8.86. The van der Waals surface area contributed by atoms with Gasteiger partial charge in [0.25, 0.3) is 0 Å². The van der Waals surface area contributed by atoms with Gasteiger partial charge in [0.2, 0.25) is 0 Å². The fourth-order valence-corrected chi connectivity index (χ4v) is 2.46. The first kappa shape index (κ1) is 21.5. The summed E-state index contributed by atoms with van der Waals surface area (Å²) in [5.41, 5.74) is 0.461. The minimum absolute atomic E-state index is 0.00745. The first-order chi connectivity index (χ1) is 13.0. The van der Waals surface area contributed by atoms with Gasteiger partial charge < -0.3 is 19.9 Å². The molecular weight excluding hydrogens is 389 g/mol. The largest absolute Gasteiger partial charge is 0.492 e. The number of nitrogens with one attached hydrogen (secondary N) is 1. The van der Waals surface area contributed by atoms with Crippen LogP contribution >= 0.6 is 11.6 Å². The van der Waals surface area contributed by atoms with Gasteiger partial charge in [-0.15, -0.1) is 0 Å². The van der Waals surface area contributed by atoms with Crippen molar-refractivity contribution in [2.45, 2.75) is 26.4 Å². The third kappa shape index (κ3) is 6.42. The molecule has 6 nitrogen and oxygen atoms in total. The van der Waals surface area contributed by atoms with Crippen molar-refractivity contribution in [3.05, 3.63) is 52.8 Å². The van der Waals surface area contributed by atoms with Crippen molar-refractivity contribution in [2.24, 2.45) is 0 Å². The predicted molar refractivity (Wildman–Crippen MR) is 104 cm³/mol. The Kier molecular flexibility index (Phi) is 6.85. The minimum atomic E-state index is -1.13. The Morgan fingerprint density at radius 2 is 1.86 bits per heavy atom. The van der Waals surface area contributed by atoms with E-state index in [1.54, 1.807) is 26.8 Å². The van der Waals surface area contributed by atoms with Gasteiger partial charge in [-0.25, -0.2) is 14.0 Å². The van der Waals surface area contributed by atoms with Crippen molar-refractivity contribution in [3.63, 3.8) is 0 Å². The lowest BCUT2D eigenvalue weighted by molar-refractivity contribution is 0.0520. The number of alkyl carbamates (subject to hydrolysis) is 1. The number of rotatable bonds is 6. The van der Waals surface area contributed by atoms with Crippen molar-refractivity contribution in [2.75, 3.05) is 13.2 Å². The van der Waals surface area contributed by atoms with Gasteiger partial charge in [0.1, 0.15) is 23.8 Å². The average molecular weight is 410 g/mol. The zero-order chi connectivity index (χ0) is 20.9. The molecule has 0 spiro atoms. The van der Waals surface area contributed by atoms with Crippen molar-refractivity contribution in [1.29, 1.82) is 0 Å². The molecule has 0 fully saturated rings. The van der Waals surface area contributed by atoms with Crippen molar-refractivity contribution in [1.82, 2.24) is 5.32 Å². The number of amides is 1. The summed E-state index contributed by atoms with van der Waals surface area (Å²) in [7, 11) is 0. The van der Waals surface area contributed by atoms with Gasteiger partial charge in [0.15, 0.2) is 0 Å². The van der Waals surface area contributed by atoms with Gasteiger partial charge >= 0.3 is 12.1 Å². The molecule has 0 bridgehead atoms. The number of hydrogen-bond donors (Lipinski definition) is 2. The number of hydrogen-bond acceptors (Lipinski definition) is 4. The van der Waals surface area contributed by atoms with Crippen molar-refractivity contribution < 1.29 is 28.6 Å². The quantitative estimate of drug-likeness (QED) is 0.672. The van der Waals surface area contributed by atoms with Gasteiger partial charge in [-0.1, -0.05) is 17.7 Å². The molecule has 2 aromatic carbocycles. The molecule has 0 heterocycles. The van der Waals surface area contributed by atoms with Crippen LogP contribution in [0.5, 0.6) is 5.75 Å². The maximum atomic E-state index is 13.4. The van der Waals surface area contributed by atoms with E-state index in [1.807, 2.05) is 0 Å². The van der Waals surface area contributed by atoms with Crippen LogP contribution in [0.1, 0.15) is 31.1 Å². The average Bonchev–Trinajstić information content (AvgIpc) is 2.59. The summed E-state index contributed by atoms with van der Waals surface area (Å²) < 4.78 is 24.0. The highest BCUT2D eigenvalue weighted by molar-refractivity contribution is 6.31. The number of carbonyl (C=O) groups is 2. The fraction of sp³-hybridized carbons (Fsp3) is 0.300. The molecule has 0 atom stereocenters. The summed E-state index contributed by atoms with van der Waals surface area (Å²) in [6.07, 6.45) is -0.572. The number of carbonyl (C=O) groups excluding carboxylic acids is 1. The molecule has 2 aromatic rings. The second-order valence-electron chi connectivity index (χ2n) is 6.96. The highest BCUT2D eigenvalue weighted by Gasteiger charge is 2.15. The predicted octanol–water partition coefficient (Wildman–Crippen LogP) is 4.75. The van der Waals surface area contributed by atoms with Crippen molar-refractivity contribution in [3.8, 4) is 16.9 Å². The summed E-state index contributed by atoms with van der Waals surface area (Å²) in [6.45, 7) is 5.53. The third-order valence-electron chi connectivity index (χ3n) is 3.45. The van der Waals surface area contributed by atoms with E-state index in [0.717, 1.165) is 0 Å². The highest BCUT2D eigenvalue weighted by Crippen LogP contribution is 2.29. The van der Waals surface area contributed by atoms with E-state index in [0.29, 0.717) is 16.9 Å². The summed E-state index contributed by atoms with van der Waals surface area (Å²) in [5.74, 6) is -1.40. The van der Waals surface area contributed by atoms with E-state index >= 15 is 0 Å². The Morgan fingerprint density at radius 1 is 1.14 bits per heavy atom. The van der Waals surface area contributed by atoms with Crippen molar-refractivity contribution >= 4 is 23.7 Å². The van der Waals surface area contributed by atoms with Gasteiger partial charge in [-0.3, -0.25) is 0 Å². The zero-order valence-electron chi connectivity index (χ0n) is 15.7. The monoisotopic (exact) mass is 409 g/mol. The van der Waals surface area contributed by atoms with Crippen LogP contribution in [0.3, 0.4) is 0 Å². The molecule has 28 heavy (non-hydrogen) atoms. The first-order valence-electron chi connectivity index (χ1n) is 8.48. The van der Waals surface area contributed by atoms with E-state index in [-0.39, 0.29) is 23.7 Å². The van der Waals surface area contributed by atoms with E-state index in [9.17, 15) is 19.1 Å². The SMILES string of the molecule is CC(C)(C)OC(=O)NCCOc1cc(C(=O)O)cc(-c2ccc(F)c(Cl)c2)c1. The smallest absolute Gasteiger partial charge is 0.407 e. The van der Waals surface area contributed by atoms with Crippen LogP contribution in [0, 0.1) is 5.82 Å². The van der Waals surface area contributed by atoms with Crippen LogP contribution in [-0.4, -0.2) is 35.9 Å². The lowest BCUT2D eigenvalue weighted by Crippen LogP contribution is -2.34. The second-order valence-corrected chi connectivity index (χ2v) is 7.36.